The zero-order valence-corrected chi connectivity index (χ0v) is 14.5. The van der Waals surface area contributed by atoms with Crippen molar-refractivity contribution in [1.82, 2.24) is 0 Å². The van der Waals surface area contributed by atoms with Gasteiger partial charge in [0, 0.05) is 25.2 Å². The number of methoxy groups -OCH3 is 1. The molecule has 1 atom stereocenters. The van der Waals surface area contributed by atoms with Gasteiger partial charge in [-0.15, -0.1) is 0 Å². The summed E-state index contributed by atoms with van der Waals surface area (Å²) in [6.45, 7) is 2.89. The molecule has 1 aromatic rings. The van der Waals surface area contributed by atoms with Gasteiger partial charge >= 0.3 is 5.97 Å². The van der Waals surface area contributed by atoms with Crippen molar-refractivity contribution in [1.29, 1.82) is 0 Å². The second kappa shape index (κ2) is 8.16. The van der Waals surface area contributed by atoms with Gasteiger partial charge in [0.05, 0.1) is 31.6 Å². The first-order valence-electron chi connectivity index (χ1n) is 8.69. The van der Waals surface area contributed by atoms with Crippen LogP contribution in [-0.2, 0) is 14.3 Å². The van der Waals surface area contributed by atoms with E-state index in [1.54, 1.807) is 12.1 Å². The minimum atomic E-state index is -0.453. The van der Waals surface area contributed by atoms with Crippen LogP contribution in [0.5, 0.6) is 0 Å². The fourth-order valence-corrected chi connectivity index (χ4v) is 3.24. The van der Waals surface area contributed by atoms with Gasteiger partial charge in [-0.1, -0.05) is 12.2 Å². The molecule has 2 aliphatic rings. The van der Waals surface area contributed by atoms with E-state index in [1.807, 2.05) is 6.07 Å². The smallest absolute Gasteiger partial charge is 0.340 e. The first-order valence-corrected chi connectivity index (χ1v) is 8.69. The minimum Gasteiger partial charge on any atom is -0.465 e. The third-order valence-corrected chi connectivity index (χ3v) is 4.62. The lowest BCUT2D eigenvalue weighted by Gasteiger charge is -2.29. The number of esters is 1. The number of hydrogen-bond donors (Lipinski definition) is 1. The maximum absolute atomic E-state index is 12.3. The van der Waals surface area contributed by atoms with Crippen LogP contribution in [-0.4, -0.2) is 45.3 Å². The quantitative estimate of drug-likeness (QED) is 0.657. The molecule has 1 aromatic carbocycles. The SMILES string of the molecule is COC(=O)c1cc(N2CCOCC2)ccc1NC(=O)CC1C=CCC1. The number of benzene rings is 1. The van der Waals surface area contributed by atoms with Crippen LogP contribution in [0.25, 0.3) is 0 Å². The van der Waals surface area contributed by atoms with Gasteiger partial charge in [-0.05, 0) is 37.0 Å². The van der Waals surface area contributed by atoms with Gasteiger partial charge in [-0.3, -0.25) is 4.79 Å². The molecular formula is C19H24N2O4. The van der Waals surface area contributed by atoms with Crippen LogP contribution < -0.4 is 10.2 Å². The normalized spacial score (nSPS) is 19.7. The molecule has 1 amide bonds. The lowest BCUT2D eigenvalue weighted by Crippen LogP contribution is -2.36. The van der Waals surface area contributed by atoms with E-state index in [0.717, 1.165) is 31.6 Å². The Labute approximate surface area is 147 Å². The first kappa shape index (κ1) is 17.5. The molecule has 134 valence electrons. The highest BCUT2D eigenvalue weighted by molar-refractivity contribution is 6.02. The van der Waals surface area contributed by atoms with E-state index in [2.05, 4.69) is 22.4 Å². The molecule has 1 heterocycles. The molecular weight excluding hydrogens is 320 g/mol. The average Bonchev–Trinajstić information content (AvgIpc) is 3.15. The third kappa shape index (κ3) is 4.39. The molecule has 0 saturated carbocycles. The molecule has 0 spiro atoms. The van der Waals surface area contributed by atoms with E-state index in [1.165, 1.54) is 7.11 Å². The number of morpholine rings is 1. The molecule has 1 unspecified atom stereocenters. The van der Waals surface area contributed by atoms with Crippen LogP contribution in [0.3, 0.4) is 0 Å². The topological polar surface area (TPSA) is 67.9 Å². The lowest BCUT2D eigenvalue weighted by atomic mass is 10.0. The Hall–Kier alpha value is -2.34. The van der Waals surface area contributed by atoms with E-state index in [4.69, 9.17) is 9.47 Å². The summed E-state index contributed by atoms with van der Waals surface area (Å²) in [5.74, 6) is -0.249. The summed E-state index contributed by atoms with van der Waals surface area (Å²) in [7, 11) is 1.35. The van der Waals surface area contributed by atoms with E-state index < -0.39 is 5.97 Å². The summed E-state index contributed by atoms with van der Waals surface area (Å²) in [4.78, 5) is 26.6. The Balaban J connectivity index is 1.76. The van der Waals surface area contributed by atoms with Crippen LogP contribution in [0.1, 0.15) is 29.6 Å². The lowest BCUT2D eigenvalue weighted by molar-refractivity contribution is -0.116. The Bertz CT molecular complexity index is 665. The van der Waals surface area contributed by atoms with E-state index >= 15 is 0 Å². The number of amides is 1. The predicted molar refractivity (Wildman–Crippen MR) is 95.9 cm³/mol. The number of carbonyl (C=O) groups is 2. The molecule has 3 rings (SSSR count). The molecule has 6 nitrogen and oxygen atoms in total. The highest BCUT2D eigenvalue weighted by Gasteiger charge is 2.20. The maximum atomic E-state index is 12.3. The van der Waals surface area contributed by atoms with Crippen molar-refractivity contribution < 1.29 is 19.1 Å². The van der Waals surface area contributed by atoms with Crippen molar-refractivity contribution in [3.8, 4) is 0 Å². The molecule has 6 heteroatoms. The number of ether oxygens (including phenoxy) is 2. The molecule has 0 radical (unpaired) electrons. The average molecular weight is 344 g/mol. The number of nitrogens with one attached hydrogen (secondary N) is 1. The van der Waals surface area contributed by atoms with Crippen LogP contribution >= 0.6 is 0 Å². The number of hydrogen-bond acceptors (Lipinski definition) is 5. The van der Waals surface area contributed by atoms with Crippen LogP contribution in [0, 0.1) is 5.92 Å². The highest BCUT2D eigenvalue weighted by Crippen LogP contribution is 2.26. The van der Waals surface area contributed by atoms with E-state index in [-0.39, 0.29) is 11.8 Å². The number of anilines is 2. The fourth-order valence-electron chi connectivity index (χ4n) is 3.24. The van der Waals surface area contributed by atoms with Crippen LogP contribution in [0.4, 0.5) is 11.4 Å². The number of rotatable bonds is 5. The number of nitrogens with zero attached hydrogens (tertiary/aromatic N) is 1. The Morgan fingerprint density at radius 1 is 1.32 bits per heavy atom. The second-order valence-corrected chi connectivity index (χ2v) is 6.34. The standard InChI is InChI=1S/C19H24N2O4/c1-24-19(23)16-13-15(21-8-10-25-11-9-21)6-7-17(16)20-18(22)12-14-4-2-3-5-14/h2,4,6-7,13-14H,3,5,8-12H2,1H3,(H,20,22). The maximum Gasteiger partial charge on any atom is 0.340 e. The van der Waals surface area contributed by atoms with Gasteiger partial charge in [-0.2, -0.15) is 0 Å². The van der Waals surface area contributed by atoms with Gasteiger partial charge in [-0.25, -0.2) is 4.79 Å². The zero-order valence-electron chi connectivity index (χ0n) is 14.5. The Morgan fingerprint density at radius 2 is 2.12 bits per heavy atom. The monoisotopic (exact) mass is 344 g/mol. The number of carbonyl (C=O) groups excluding carboxylic acids is 2. The molecule has 1 aliphatic heterocycles. The van der Waals surface area contributed by atoms with Crippen LogP contribution in [0.2, 0.25) is 0 Å². The van der Waals surface area contributed by atoms with Crippen molar-refractivity contribution in [3.05, 3.63) is 35.9 Å². The largest absolute Gasteiger partial charge is 0.465 e. The van der Waals surface area contributed by atoms with E-state index in [0.29, 0.717) is 30.9 Å². The molecule has 25 heavy (non-hydrogen) atoms. The van der Waals surface area contributed by atoms with Gasteiger partial charge in [0.25, 0.3) is 0 Å². The molecule has 1 N–H and O–H groups in total. The first-order chi connectivity index (χ1) is 12.2. The van der Waals surface area contributed by atoms with Crippen molar-refractivity contribution >= 4 is 23.3 Å². The highest BCUT2D eigenvalue weighted by atomic mass is 16.5. The second-order valence-electron chi connectivity index (χ2n) is 6.34. The Kier molecular flexibility index (Phi) is 5.71. The zero-order chi connectivity index (χ0) is 17.6. The van der Waals surface area contributed by atoms with Gasteiger partial charge in [0.15, 0.2) is 0 Å². The fraction of sp³-hybridized carbons (Fsp3) is 0.474. The summed E-state index contributed by atoms with van der Waals surface area (Å²) < 4.78 is 10.3. The van der Waals surface area contributed by atoms with E-state index in [9.17, 15) is 9.59 Å². The van der Waals surface area contributed by atoms with Gasteiger partial charge in [0.2, 0.25) is 5.91 Å². The van der Waals surface area contributed by atoms with Crippen LogP contribution in [0.15, 0.2) is 30.4 Å². The van der Waals surface area contributed by atoms with Crippen molar-refractivity contribution in [2.24, 2.45) is 5.92 Å². The molecule has 0 bridgehead atoms. The predicted octanol–water partition coefficient (Wildman–Crippen LogP) is 2.60. The summed E-state index contributed by atoms with van der Waals surface area (Å²) in [5.41, 5.74) is 1.80. The molecule has 1 fully saturated rings. The summed E-state index contributed by atoms with van der Waals surface area (Å²) >= 11 is 0. The molecule has 1 aliphatic carbocycles. The molecule has 0 aromatic heterocycles. The summed E-state index contributed by atoms with van der Waals surface area (Å²) in [6.07, 6.45) is 6.66. The third-order valence-electron chi connectivity index (χ3n) is 4.62. The Morgan fingerprint density at radius 3 is 2.80 bits per heavy atom. The van der Waals surface area contributed by atoms with Crippen molar-refractivity contribution in [2.45, 2.75) is 19.3 Å². The van der Waals surface area contributed by atoms with Gasteiger partial charge in [0.1, 0.15) is 0 Å². The number of allylic oxidation sites excluding steroid dienone is 2. The molecule has 1 saturated heterocycles. The minimum absolute atomic E-state index is 0.0826. The summed E-state index contributed by atoms with van der Waals surface area (Å²) in [5, 5.41) is 2.87. The van der Waals surface area contributed by atoms with Gasteiger partial charge < -0.3 is 19.7 Å². The summed E-state index contributed by atoms with van der Waals surface area (Å²) in [6, 6.07) is 5.48. The van der Waals surface area contributed by atoms with Crippen molar-refractivity contribution in [2.75, 3.05) is 43.6 Å². The van der Waals surface area contributed by atoms with Crippen molar-refractivity contribution in [3.63, 3.8) is 0 Å².